The zero-order valence-corrected chi connectivity index (χ0v) is 11.0. The average molecular weight is 254 g/mol. The SMILES string of the molecule is CN(Cc1cc(Cl)ccn1)C1CCCC1CN. The summed E-state index contributed by atoms with van der Waals surface area (Å²) in [6, 6.07) is 4.34. The highest BCUT2D eigenvalue weighted by molar-refractivity contribution is 6.30. The van der Waals surface area contributed by atoms with E-state index < -0.39 is 0 Å². The third kappa shape index (κ3) is 3.18. The maximum Gasteiger partial charge on any atom is 0.0558 e. The van der Waals surface area contributed by atoms with E-state index in [1.165, 1.54) is 19.3 Å². The van der Waals surface area contributed by atoms with Crippen molar-refractivity contribution in [1.82, 2.24) is 9.88 Å². The van der Waals surface area contributed by atoms with Crippen LogP contribution in [-0.4, -0.2) is 29.5 Å². The van der Waals surface area contributed by atoms with Gasteiger partial charge in [0.25, 0.3) is 0 Å². The molecule has 94 valence electrons. The van der Waals surface area contributed by atoms with Crippen molar-refractivity contribution in [2.45, 2.75) is 31.8 Å². The Balaban J connectivity index is 1.99. The third-order valence-corrected chi connectivity index (χ3v) is 3.91. The van der Waals surface area contributed by atoms with Gasteiger partial charge in [-0.3, -0.25) is 9.88 Å². The number of nitrogens with two attached hydrogens (primary N) is 1. The van der Waals surface area contributed by atoms with E-state index in [9.17, 15) is 0 Å². The van der Waals surface area contributed by atoms with E-state index >= 15 is 0 Å². The zero-order chi connectivity index (χ0) is 12.3. The van der Waals surface area contributed by atoms with Crippen LogP contribution in [0.5, 0.6) is 0 Å². The second-order valence-electron chi connectivity index (χ2n) is 4.87. The number of hydrogen-bond acceptors (Lipinski definition) is 3. The molecule has 3 nitrogen and oxygen atoms in total. The molecule has 4 heteroatoms. The lowest BCUT2D eigenvalue weighted by Crippen LogP contribution is -2.37. The molecular weight excluding hydrogens is 234 g/mol. The number of pyridine rings is 1. The molecule has 1 aromatic heterocycles. The first-order chi connectivity index (χ1) is 8.20. The van der Waals surface area contributed by atoms with Gasteiger partial charge in [0.05, 0.1) is 5.69 Å². The van der Waals surface area contributed by atoms with E-state index in [0.29, 0.717) is 12.0 Å². The number of nitrogens with zero attached hydrogens (tertiary/aromatic N) is 2. The Labute approximate surface area is 108 Å². The van der Waals surface area contributed by atoms with E-state index in [1.807, 2.05) is 12.1 Å². The van der Waals surface area contributed by atoms with Crippen LogP contribution in [0.25, 0.3) is 0 Å². The molecule has 1 saturated carbocycles. The van der Waals surface area contributed by atoms with Crippen molar-refractivity contribution in [3.63, 3.8) is 0 Å². The summed E-state index contributed by atoms with van der Waals surface area (Å²) < 4.78 is 0. The fraction of sp³-hybridized carbons (Fsp3) is 0.615. The third-order valence-electron chi connectivity index (χ3n) is 3.68. The smallest absolute Gasteiger partial charge is 0.0558 e. The molecule has 0 saturated heterocycles. The fourth-order valence-corrected chi connectivity index (χ4v) is 2.96. The predicted octanol–water partition coefficient (Wildman–Crippen LogP) is 2.29. The van der Waals surface area contributed by atoms with Gasteiger partial charge in [0.1, 0.15) is 0 Å². The Hall–Kier alpha value is -0.640. The molecule has 2 N–H and O–H groups in total. The standard InChI is InChI=1S/C13H20ClN3/c1-17(13-4-2-3-10(13)8-15)9-12-7-11(14)5-6-16-12/h5-7,10,13H,2-4,8-9,15H2,1H3. The Morgan fingerprint density at radius 1 is 1.53 bits per heavy atom. The molecule has 0 amide bonds. The molecule has 0 aromatic carbocycles. The summed E-state index contributed by atoms with van der Waals surface area (Å²) in [7, 11) is 2.15. The van der Waals surface area contributed by atoms with Crippen molar-refractivity contribution in [2.75, 3.05) is 13.6 Å². The first-order valence-corrected chi connectivity index (χ1v) is 6.59. The van der Waals surface area contributed by atoms with E-state index in [-0.39, 0.29) is 0 Å². The van der Waals surface area contributed by atoms with E-state index in [1.54, 1.807) is 6.20 Å². The molecule has 1 fully saturated rings. The molecule has 2 unspecified atom stereocenters. The van der Waals surface area contributed by atoms with Gasteiger partial charge >= 0.3 is 0 Å². The number of rotatable bonds is 4. The van der Waals surface area contributed by atoms with Crippen LogP contribution < -0.4 is 5.73 Å². The molecule has 1 aliphatic carbocycles. The van der Waals surface area contributed by atoms with Crippen LogP contribution in [-0.2, 0) is 6.54 Å². The van der Waals surface area contributed by atoms with Crippen molar-refractivity contribution < 1.29 is 0 Å². The normalized spacial score (nSPS) is 24.5. The molecule has 0 bridgehead atoms. The van der Waals surface area contributed by atoms with Gasteiger partial charge in [0.2, 0.25) is 0 Å². The van der Waals surface area contributed by atoms with Crippen LogP contribution in [0.3, 0.4) is 0 Å². The first kappa shape index (κ1) is 12.8. The molecule has 1 aliphatic rings. The predicted molar refractivity (Wildman–Crippen MR) is 70.9 cm³/mol. The number of aromatic nitrogens is 1. The van der Waals surface area contributed by atoms with Gasteiger partial charge in [-0.05, 0) is 44.5 Å². The van der Waals surface area contributed by atoms with E-state index in [0.717, 1.165) is 23.8 Å². The van der Waals surface area contributed by atoms with Gasteiger partial charge in [-0.25, -0.2) is 0 Å². The van der Waals surface area contributed by atoms with Crippen molar-refractivity contribution in [3.8, 4) is 0 Å². The molecule has 0 radical (unpaired) electrons. The largest absolute Gasteiger partial charge is 0.330 e. The van der Waals surface area contributed by atoms with Crippen LogP contribution in [0.15, 0.2) is 18.3 Å². The van der Waals surface area contributed by atoms with Crippen molar-refractivity contribution in [3.05, 3.63) is 29.0 Å². The van der Waals surface area contributed by atoms with Crippen molar-refractivity contribution in [2.24, 2.45) is 11.7 Å². The summed E-state index contributed by atoms with van der Waals surface area (Å²) in [5.41, 5.74) is 6.85. The molecule has 1 heterocycles. The Morgan fingerprint density at radius 2 is 2.35 bits per heavy atom. The van der Waals surface area contributed by atoms with Crippen LogP contribution >= 0.6 is 11.6 Å². The van der Waals surface area contributed by atoms with Crippen LogP contribution in [0.4, 0.5) is 0 Å². The maximum absolute atomic E-state index is 5.97. The minimum atomic E-state index is 0.598. The molecule has 2 atom stereocenters. The molecule has 0 aliphatic heterocycles. The summed E-state index contributed by atoms with van der Waals surface area (Å²) in [6.07, 6.45) is 5.56. The van der Waals surface area contributed by atoms with Gasteiger partial charge in [-0.15, -0.1) is 0 Å². The van der Waals surface area contributed by atoms with Crippen LogP contribution in [0.1, 0.15) is 25.0 Å². The lowest BCUT2D eigenvalue weighted by atomic mass is 10.0. The second-order valence-corrected chi connectivity index (χ2v) is 5.31. The van der Waals surface area contributed by atoms with Gasteiger partial charge in [-0.2, -0.15) is 0 Å². The molecule has 0 spiro atoms. The molecule has 2 rings (SSSR count). The zero-order valence-electron chi connectivity index (χ0n) is 10.3. The maximum atomic E-state index is 5.97. The Kier molecular flexibility index (Phi) is 4.37. The molecule has 1 aromatic rings. The van der Waals surface area contributed by atoms with Gasteiger partial charge in [0.15, 0.2) is 0 Å². The minimum Gasteiger partial charge on any atom is -0.330 e. The first-order valence-electron chi connectivity index (χ1n) is 6.21. The fourth-order valence-electron chi connectivity index (χ4n) is 2.78. The highest BCUT2D eigenvalue weighted by Crippen LogP contribution is 2.29. The summed E-state index contributed by atoms with van der Waals surface area (Å²) in [4.78, 5) is 6.71. The highest BCUT2D eigenvalue weighted by atomic mass is 35.5. The Morgan fingerprint density at radius 3 is 3.06 bits per heavy atom. The van der Waals surface area contributed by atoms with Crippen LogP contribution in [0, 0.1) is 5.92 Å². The summed E-state index contributed by atoms with van der Waals surface area (Å²) in [5.74, 6) is 0.638. The lowest BCUT2D eigenvalue weighted by Gasteiger charge is -2.28. The molecule has 17 heavy (non-hydrogen) atoms. The van der Waals surface area contributed by atoms with Crippen molar-refractivity contribution >= 4 is 11.6 Å². The van der Waals surface area contributed by atoms with Gasteiger partial charge in [-0.1, -0.05) is 18.0 Å². The number of hydrogen-bond donors (Lipinski definition) is 1. The quantitative estimate of drug-likeness (QED) is 0.895. The van der Waals surface area contributed by atoms with Crippen LogP contribution in [0.2, 0.25) is 5.02 Å². The summed E-state index contributed by atoms with van der Waals surface area (Å²) in [6.45, 7) is 1.64. The topological polar surface area (TPSA) is 42.2 Å². The summed E-state index contributed by atoms with van der Waals surface area (Å²) in [5, 5.41) is 0.755. The van der Waals surface area contributed by atoms with Gasteiger partial charge in [0, 0.05) is 23.8 Å². The highest BCUT2D eigenvalue weighted by Gasteiger charge is 2.29. The van der Waals surface area contributed by atoms with Crippen molar-refractivity contribution in [1.29, 1.82) is 0 Å². The Bertz CT molecular complexity index is 369. The van der Waals surface area contributed by atoms with E-state index in [2.05, 4.69) is 16.9 Å². The second kappa shape index (κ2) is 5.80. The summed E-state index contributed by atoms with van der Waals surface area (Å²) >= 11 is 5.97. The minimum absolute atomic E-state index is 0.598. The van der Waals surface area contributed by atoms with E-state index in [4.69, 9.17) is 17.3 Å². The van der Waals surface area contributed by atoms with Gasteiger partial charge < -0.3 is 5.73 Å². The molecular formula is C13H20ClN3. The number of halogens is 1. The average Bonchev–Trinajstić information content (AvgIpc) is 2.77. The monoisotopic (exact) mass is 253 g/mol. The lowest BCUT2D eigenvalue weighted by molar-refractivity contribution is 0.191.